The first-order valence-corrected chi connectivity index (χ1v) is 5.37. The van der Waals surface area contributed by atoms with Gasteiger partial charge in [0.25, 0.3) is 0 Å². The van der Waals surface area contributed by atoms with E-state index < -0.39 is 0 Å². The second-order valence-corrected chi connectivity index (χ2v) is 5.48. The Morgan fingerprint density at radius 3 is 2.62 bits per heavy atom. The molecule has 1 aliphatic heterocycles. The summed E-state index contributed by atoms with van der Waals surface area (Å²) in [5.74, 6) is 0. The molecule has 13 heavy (non-hydrogen) atoms. The van der Waals surface area contributed by atoms with Crippen molar-refractivity contribution in [2.75, 3.05) is 6.54 Å². The van der Waals surface area contributed by atoms with Crippen molar-refractivity contribution in [1.29, 1.82) is 0 Å². The first-order chi connectivity index (χ1) is 5.97. The van der Waals surface area contributed by atoms with E-state index in [1.54, 1.807) is 0 Å². The molecule has 0 amide bonds. The third kappa shape index (κ3) is 4.47. The highest BCUT2D eigenvalue weighted by molar-refractivity contribution is 5.01. The summed E-state index contributed by atoms with van der Waals surface area (Å²) in [4.78, 5) is 0. The highest BCUT2D eigenvalue weighted by Crippen LogP contribution is 2.26. The zero-order valence-corrected chi connectivity index (χ0v) is 9.32. The smallest absolute Gasteiger partial charge is 0.0105 e. The zero-order chi connectivity index (χ0) is 9.90. The van der Waals surface area contributed by atoms with Crippen LogP contribution in [0.5, 0.6) is 0 Å². The number of hydrogen-bond acceptors (Lipinski definition) is 1. The molecule has 1 unspecified atom stereocenters. The lowest BCUT2D eigenvalue weighted by atomic mass is 9.86. The molecule has 0 spiro atoms. The molecule has 0 saturated carbocycles. The summed E-state index contributed by atoms with van der Waals surface area (Å²) < 4.78 is 0. The van der Waals surface area contributed by atoms with Crippen LogP contribution >= 0.6 is 0 Å². The molecule has 0 aliphatic carbocycles. The Morgan fingerprint density at radius 1 is 1.46 bits per heavy atom. The van der Waals surface area contributed by atoms with Crippen LogP contribution in [0.3, 0.4) is 0 Å². The molecule has 1 fully saturated rings. The molecular weight excluding hydrogens is 158 g/mol. The van der Waals surface area contributed by atoms with Gasteiger partial charge >= 0.3 is 0 Å². The maximum absolute atomic E-state index is 4.16. The Kier molecular flexibility index (Phi) is 3.55. The molecule has 1 heteroatoms. The molecule has 1 N–H and O–H groups in total. The summed E-state index contributed by atoms with van der Waals surface area (Å²) >= 11 is 0. The van der Waals surface area contributed by atoms with Gasteiger partial charge in [-0.05, 0) is 37.6 Å². The third-order valence-electron chi connectivity index (χ3n) is 2.48. The van der Waals surface area contributed by atoms with E-state index >= 15 is 0 Å². The first kappa shape index (κ1) is 10.8. The van der Waals surface area contributed by atoms with Crippen molar-refractivity contribution in [2.45, 2.75) is 52.5 Å². The normalized spacial score (nSPS) is 23.5. The molecule has 0 aromatic heterocycles. The topological polar surface area (TPSA) is 12.0 Å². The van der Waals surface area contributed by atoms with E-state index in [-0.39, 0.29) is 0 Å². The van der Waals surface area contributed by atoms with Gasteiger partial charge in [0.1, 0.15) is 0 Å². The lowest BCUT2D eigenvalue weighted by Gasteiger charge is -2.21. The summed E-state index contributed by atoms with van der Waals surface area (Å²) in [6.45, 7) is 12.2. The highest BCUT2D eigenvalue weighted by atomic mass is 14.9. The zero-order valence-electron chi connectivity index (χ0n) is 9.32. The van der Waals surface area contributed by atoms with Crippen molar-refractivity contribution in [3.05, 3.63) is 12.2 Å². The standard InChI is InChI=1S/C12H23N/c1-10(9-12(2,3)4)8-11-6-5-7-13-11/h11,13H,1,5-9H2,2-4H3. The lowest BCUT2D eigenvalue weighted by Crippen LogP contribution is -2.22. The quantitative estimate of drug-likeness (QED) is 0.660. The second-order valence-electron chi connectivity index (χ2n) is 5.48. The maximum Gasteiger partial charge on any atom is 0.0105 e. The van der Waals surface area contributed by atoms with Gasteiger partial charge in [-0.3, -0.25) is 0 Å². The van der Waals surface area contributed by atoms with E-state index in [1.807, 2.05) is 0 Å². The highest BCUT2D eigenvalue weighted by Gasteiger charge is 2.18. The minimum absolute atomic E-state index is 0.398. The van der Waals surface area contributed by atoms with Crippen LogP contribution in [-0.4, -0.2) is 12.6 Å². The van der Waals surface area contributed by atoms with Gasteiger partial charge in [-0.2, -0.15) is 0 Å². The van der Waals surface area contributed by atoms with Crippen molar-refractivity contribution in [3.8, 4) is 0 Å². The van der Waals surface area contributed by atoms with Crippen LogP contribution in [0.2, 0.25) is 0 Å². The summed E-state index contributed by atoms with van der Waals surface area (Å²) in [6.07, 6.45) is 5.01. The van der Waals surface area contributed by atoms with E-state index in [4.69, 9.17) is 0 Å². The number of hydrogen-bond donors (Lipinski definition) is 1. The predicted molar refractivity (Wildman–Crippen MR) is 58.9 cm³/mol. The van der Waals surface area contributed by atoms with Crippen molar-refractivity contribution >= 4 is 0 Å². The molecule has 1 heterocycles. The summed E-state index contributed by atoms with van der Waals surface area (Å²) in [7, 11) is 0. The van der Waals surface area contributed by atoms with Crippen LogP contribution in [0.25, 0.3) is 0 Å². The van der Waals surface area contributed by atoms with Crippen LogP contribution in [0.1, 0.15) is 46.5 Å². The molecule has 1 nitrogen and oxygen atoms in total. The van der Waals surface area contributed by atoms with E-state index in [2.05, 4.69) is 32.7 Å². The number of rotatable bonds is 3. The molecule has 1 atom stereocenters. The SMILES string of the molecule is C=C(CC1CCCN1)CC(C)(C)C. The van der Waals surface area contributed by atoms with Gasteiger partial charge in [0, 0.05) is 6.04 Å². The van der Waals surface area contributed by atoms with Crippen LogP contribution in [0, 0.1) is 5.41 Å². The van der Waals surface area contributed by atoms with Crippen molar-refractivity contribution in [3.63, 3.8) is 0 Å². The minimum atomic E-state index is 0.398. The Morgan fingerprint density at radius 2 is 2.15 bits per heavy atom. The molecule has 76 valence electrons. The fraction of sp³-hybridized carbons (Fsp3) is 0.833. The maximum atomic E-state index is 4.16. The summed E-state index contributed by atoms with van der Waals surface area (Å²) in [6, 6.07) is 0.717. The van der Waals surface area contributed by atoms with E-state index in [0.717, 1.165) is 12.5 Å². The largest absolute Gasteiger partial charge is 0.314 e. The third-order valence-corrected chi connectivity index (χ3v) is 2.48. The summed E-state index contributed by atoms with van der Waals surface area (Å²) in [5.41, 5.74) is 1.81. The van der Waals surface area contributed by atoms with Crippen molar-refractivity contribution in [2.24, 2.45) is 5.41 Å². The average Bonchev–Trinajstić information content (AvgIpc) is 2.34. The van der Waals surface area contributed by atoms with Crippen molar-refractivity contribution < 1.29 is 0 Å². The molecular formula is C12H23N. The molecule has 0 bridgehead atoms. The van der Waals surface area contributed by atoms with Gasteiger partial charge in [0.05, 0.1) is 0 Å². The van der Waals surface area contributed by atoms with Gasteiger partial charge in [0.2, 0.25) is 0 Å². The van der Waals surface area contributed by atoms with Crippen LogP contribution in [-0.2, 0) is 0 Å². The Hall–Kier alpha value is -0.300. The van der Waals surface area contributed by atoms with E-state index in [1.165, 1.54) is 31.4 Å². The first-order valence-electron chi connectivity index (χ1n) is 5.37. The fourth-order valence-corrected chi connectivity index (χ4v) is 2.10. The Balaban J connectivity index is 2.24. The van der Waals surface area contributed by atoms with Crippen LogP contribution in [0.4, 0.5) is 0 Å². The summed E-state index contributed by atoms with van der Waals surface area (Å²) in [5, 5.41) is 3.51. The van der Waals surface area contributed by atoms with Gasteiger partial charge in [-0.1, -0.05) is 32.9 Å². The van der Waals surface area contributed by atoms with Gasteiger partial charge in [-0.15, -0.1) is 0 Å². The van der Waals surface area contributed by atoms with Crippen molar-refractivity contribution in [1.82, 2.24) is 5.32 Å². The fourth-order valence-electron chi connectivity index (χ4n) is 2.10. The van der Waals surface area contributed by atoms with Gasteiger partial charge in [0.15, 0.2) is 0 Å². The molecule has 0 aromatic carbocycles. The van der Waals surface area contributed by atoms with Crippen LogP contribution in [0.15, 0.2) is 12.2 Å². The minimum Gasteiger partial charge on any atom is -0.314 e. The van der Waals surface area contributed by atoms with E-state index in [9.17, 15) is 0 Å². The monoisotopic (exact) mass is 181 g/mol. The molecule has 0 radical (unpaired) electrons. The second kappa shape index (κ2) is 4.28. The van der Waals surface area contributed by atoms with Gasteiger partial charge in [-0.25, -0.2) is 0 Å². The Labute approximate surface area is 82.6 Å². The predicted octanol–water partition coefficient (Wildman–Crippen LogP) is 3.12. The molecule has 0 aromatic rings. The van der Waals surface area contributed by atoms with Crippen LogP contribution < -0.4 is 5.32 Å². The molecule has 1 aliphatic rings. The average molecular weight is 181 g/mol. The lowest BCUT2D eigenvalue weighted by molar-refractivity contribution is 0.398. The van der Waals surface area contributed by atoms with Gasteiger partial charge < -0.3 is 5.32 Å². The molecule has 1 saturated heterocycles. The molecule has 1 rings (SSSR count). The number of nitrogens with one attached hydrogen (secondary N) is 1. The van der Waals surface area contributed by atoms with E-state index in [0.29, 0.717) is 5.41 Å². The Bertz CT molecular complexity index is 170.